The van der Waals surface area contributed by atoms with Gasteiger partial charge in [0.1, 0.15) is 0 Å². The lowest BCUT2D eigenvalue weighted by Crippen LogP contribution is -2.35. The summed E-state index contributed by atoms with van der Waals surface area (Å²) in [5, 5.41) is 0. The monoisotopic (exact) mass is 790 g/mol. The van der Waals surface area contributed by atoms with Crippen LogP contribution in [0.25, 0.3) is 0 Å². The molecule has 0 aliphatic rings. The molecule has 33 heavy (non-hydrogen) atoms. The number of amides is 1. The molecule has 2 N–H and O–H groups in total. The molecule has 0 heterocycles. The van der Waals surface area contributed by atoms with Crippen molar-refractivity contribution in [1.29, 1.82) is 0 Å². The fourth-order valence-electron chi connectivity index (χ4n) is 3.15. The first-order valence-electron chi connectivity index (χ1n) is 10.9. The van der Waals surface area contributed by atoms with Crippen molar-refractivity contribution in [3.8, 4) is 0 Å². The standard InChI is InChI=1S/C24H29I3N2O4/c1-3-4-5-9-14-32-16(2)33-20(30)12-13-29(24(31)17-10-7-6-8-11-17)23-19(26)15-18(25)22(28)21(23)27/h6-8,10-11,15-16H,3-5,9,12-14,28H2,1-2H3. The second-order valence-corrected chi connectivity index (χ2v) is 10.9. The zero-order valence-electron chi connectivity index (χ0n) is 18.8. The van der Waals surface area contributed by atoms with Crippen LogP contribution < -0.4 is 10.6 Å². The summed E-state index contributed by atoms with van der Waals surface area (Å²) < 4.78 is 13.6. The minimum atomic E-state index is -0.619. The summed E-state index contributed by atoms with van der Waals surface area (Å²) in [5.41, 5.74) is 8.12. The summed E-state index contributed by atoms with van der Waals surface area (Å²) in [7, 11) is 0. The Bertz CT molecular complexity index is 941. The molecule has 1 atom stereocenters. The number of nitrogens with zero attached hydrogens (tertiary/aromatic N) is 1. The molecule has 0 aromatic heterocycles. The van der Waals surface area contributed by atoms with Gasteiger partial charge in [-0.1, -0.05) is 44.4 Å². The number of carbonyl (C=O) groups is 2. The van der Waals surface area contributed by atoms with Crippen LogP contribution in [0.1, 0.15) is 56.3 Å². The van der Waals surface area contributed by atoms with Crippen molar-refractivity contribution in [2.24, 2.45) is 0 Å². The largest absolute Gasteiger partial charge is 0.436 e. The fraction of sp³-hybridized carbons (Fsp3) is 0.417. The molecule has 1 amide bonds. The SMILES string of the molecule is CCCCCCOC(C)OC(=O)CCN(C(=O)c1ccccc1)c1c(I)cc(I)c(N)c1I. The topological polar surface area (TPSA) is 81.9 Å². The first-order valence-corrected chi connectivity index (χ1v) is 14.1. The van der Waals surface area contributed by atoms with E-state index in [-0.39, 0.29) is 18.9 Å². The van der Waals surface area contributed by atoms with Crippen molar-refractivity contribution >= 4 is 91.0 Å². The minimum Gasteiger partial charge on any atom is -0.436 e. The number of nitrogens with two attached hydrogens (primary N) is 1. The van der Waals surface area contributed by atoms with E-state index < -0.39 is 12.3 Å². The van der Waals surface area contributed by atoms with E-state index in [4.69, 9.17) is 15.2 Å². The third-order valence-electron chi connectivity index (χ3n) is 4.90. The summed E-state index contributed by atoms with van der Waals surface area (Å²) in [5.74, 6) is -0.606. The van der Waals surface area contributed by atoms with Crippen molar-refractivity contribution in [2.45, 2.75) is 52.2 Å². The Morgan fingerprint density at radius 3 is 2.42 bits per heavy atom. The lowest BCUT2D eigenvalue weighted by molar-refractivity contribution is -0.174. The van der Waals surface area contributed by atoms with Crippen molar-refractivity contribution in [3.63, 3.8) is 0 Å². The number of nitrogen functional groups attached to an aromatic ring is 1. The smallest absolute Gasteiger partial charge is 0.309 e. The van der Waals surface area contributed by atoms with E-state index in [0.717, 1.165) is 30.0 Å². The summed E-state index contributed by atoms with van der Waals surface area (Å²) in [6, 6.07) is 11.0. The van der Waals surface area contributed by atoms with Gasteiger partial charge < -0.3 is 20.1 Å². The predicted molar refractivity (Wildman–Crippen MR) is 157 cm³/mol. The van der Waals surface area contributed by atoms with Gasteiger partial charge in [0, 0.05) is 19.2 Å². The number of anilines is 2. The Morgan fingerprint density at radius 1 is 1.06 bits per heavy atom. The Morgan fingerprint density at radius 2 is 1.76 bits per heavy atom. The molecule has 0 fully saturated rings. The number of unbranched alkanes of at least 4 members (excludes halogenated alkanes) is 3. The van der Waals surface area contributed by atoms with Crippen LogP contribution in [0.15, 0.2) is 36.4 Å². The highest BCUT2D eigenvalue weighted by atomic mass is 127. The van der Waals surface area contributed by atoms with E-state index in [1.165, 1.54) is 6.42 Å². The van der Waals surface area contributed by atoms with E-state index in [9.17, 15) is 9.59 Å². The maximum absolute atomic E-state index is 13.4. The number of benzene rings is 2. The average molecular weight is 790 g/mol. The van der Waals surface area contributed by atoms with Crippen molar-refractivity contribution in [3.05, 3.63) is 52.7 Å². The van der Waals surface area contributed by atoms with Gasteiger partial charge in [-0.15, -0.1) is 0 Å². The third kappa shape index (κ3) is 8.80. The molecular weight excluding hydrogens is 761 g/mol. The third-order valence-corrected chi connectivity index (χ3v) is 7.71. The zero-order chi connectivity index (χ0) is 24.4. The number of hydrogen-bond donors (Lipinski definition) is 1. The summed E-state index contributed by atoms with van der Waals surface area (Å²) in [4.78, 5) is 27.5. The van der Waals surface area contributed by atoms with Gasteiger partial charge in [-0.2, -0.15) is 0 Å². The molecule has 0 saturated carbocycles. The molecule has 180 valence electrons. The molecule has 9 heteroatoms. The van der Waals surface area contributed by atoms with Crippen LogP contribution >= 0.6 is 67.8 Å². The normalized spacial score (nSPS) is 11.8. The summed E-state index contributed by atoms with van der Waals surface area (Å²) in [6.45, 7) is 4.60. The molecule has 0 saturated heterocycles. The van der Waals surface area contributed by atoms with Gasteiger partial charge in [0.25, 0.3) is 5.91 Å². The predicted octanol–water partition coefficient (Wildman–Crippen LogP) is 6.61. The maximum Gasteiger partial charge on any atom is 0.309 e. The van der Waals surface area contributed by atoms with Crippen LogP contribution in [0.5, 0.6) is 0 Å². The molecule has 0 bridgehead atoms. The van der Waals surface area contributed by atoms with Gasteiger partial charge >= 0.3 is 5.97 Å². The molecule has 1 unspecified atom stereocenters. The molecule has 2 aromatic rings. The Hall–Kier alpha value is -0.670. The van der Waals surface area contributed by atoms with Gasteiger partial charge in [-0.05, 0) is 99.3 Å². The van der Waals surface area contributed by atoms with Crippen molar-refractivity contribution in [2.75, 3.05) is 23.8 Å². The molecule has 2 aromatic carbocycles. The molecule has 0 aliphatic carbocycles. The molecule has 0 radical (unpaired) electrons. The van der Waals surface area contributed by atoms with Crippen LogP contribution in [0.4, 0.5) is 11.4 Å². The van der Waals surface area contributed by atoms with Crippen LogP contribution in [0.3, 0.4) is 0 Å². The highest BCUT2D eigenvalue weighted by Crippen LogP contribution is 2.36. The number of esters is 1. The Kier molecular flexibility index (Phi) is 12.7. The van der Waals surface area contributed by atoms with Gasteiger partial charge in [0.05, 0.1) is 28.0 Å². The Labute approximate surface area is 236 Å². The van der Waals surface area contributed by atoms with Gasteiger partial charge in [-0.25, -0.2) is 0 Å². The van der Waals surface area contributed by atoms with E-state index >= 15 is 0 Å². The first-order chi connectivity index (χ1) is 15.8. The first kappa shape index (κ1) is 28.6. The van der Waals surface area contributed by atoms with Gasteiger partial charge in [0.15, 0.2) is 6.29 Å². The van der Waals surface area contributed by atoms with Crippen molar-refractivity contribution < 1.29 is 19.1 Å². The number of hydrogen-bond acceptors (Lipinski definition) is 5. The highest BCUT2D eigenvalue weighted by Gasteiger charge is 2.25. The number of ether oxygens (including phenoxy) is 2. The average Bonchev–Trinajstić information content (AvgIpc) is 2.79. The van der Waals surface area contributed by atoms with Crippen LogP contribution in [0.2, 0.25) is 0 Å². The number of rotatable bonds is 12. The van der Waals surface area contributed by atoms with Crippen LogP contribution in [-0.4, -0.2) is 31.3 Å². The van der Waals surface area contributed by atoms with E-state index in [1.54, 1.807) is 24.0 Å². The lowest BCUT2D eigenvalue weighted by atomic mass is 10.1. The maximum atomic E-state index is 13.4. The van der Waals surface area contributed by atoms with Gasteiger partial charge in [-0.3, -0.25) is 9.59 Å². The summed E-state index contributed by atoms with van der Waals surface area (Å²) in [6.07, 6.45) is 3.80. The Balaban J connectivity index is 2.12. The molecule has 0 aliphatic heterocycles. The molecule has 2 rings (SSSR count). The highest BCUT2D eigenvalue weighted by molar-refractivity contribution is 14.1. The van der Waals surface area contributed by atoms with E-state index in [2.05, 4.69) is 74.7 Å². The number of carbonyl (C=O) groups excluding carboxylic acids is 2. The zero-order valence-corrected chi connectivity index (χ0v) is 25.3. The van der Waals surface area contributed by atoms with Crippen molar-refractivity contribution in [1.82, 2.24) is 0 Å². The minimum absolute atomic E-state index is 0.0418. The molecule has 0 spiro atoms. The second-order valence-electron chi connectivity index (χ2n) is 7.48. The van der Waals surface area contributed by atoms with Crippen LogP contribution in [0, 0.1) is 10.7 Å². The molecular formula is C24H29I3N2O4. The second kappa shape index (κ2) is 14.7. The fourth-order valence-corrected chi connectivity index (χ4v) is 7.11. The molecule has 6 nitrogen and oxygen atoms in total. The summed E-state index contributed by atoms with van der Waals surface area (Å²) >= 11 is 6.55. The van der Waals surface area contributed by atoms with E-state index in [1.807, 2.05) is 24.3 Å². The lowest BCUT2D eigenvalue weighted by Gasteiger charge is -2.26. The van der Waals surface area contributed by atoms with Crippen LogP contribution in [-0.2, 0) is 14.3 Å². The quantitative estimate of drug-likeness (QED) is 0.0862. The van der Waals surface area contributed by atoms with E-state index in [0.29, 0.717) is 23.5 Å². The number of halogens is 3. The van der Waals surface area contributed by atoms with Gasteiger partial charge in [0.2, 0.25) is 0 Å².